The topological polar surface area (TPSA) is 30.7 Å². The van der Waals surface area contributed by atoms with Gasteiger partial charge in [-0.2, -0.15) is 5.10 Å². The molecule has 78 valence electrons. The maximum atomic E-state index is 6.07. The second-order valence-corrected chi connectivity index (χ2v) is 3.72. The minimum absolute atomic E-state index is 0.686. The van der Waals surface area contributed by atoms with E-state index in [2.05, 4.69) is 17.0 Å². The Kier molecular flexibility index (Phi) is 2.73. The van der Waals surface area contributed by atoms with Crippen molar-refractivity contribution in [2.75, 3.05) is 0 Å². The average molecular weight is 222 g/mol. The maximum absolute atomic E-state index is 6.07. The summed E-state index contributed by atoms with van der Waals surface area (Å²) < 4.78 is 1.79. The zero-order valence-electron chi connectivity index (χ0n) is 8.74. The van der Waals surface area contributed by atoms with E-state index in [9.17, 15) is 0 Å². The first-order chi connectivity index (χ1) is 7.22. The largest absolute Gasteiger partial charge is 0.253 e. The fourth-order valence-corrected chi connectivity index (χ4v) is 1.70. The highest BCUT2D eigenvalue weighted by Crippen LogP contribution is 2.24. The van der Waals surface area contributed by atoms with Crippen molar-refractivity contribution < 1.29 is 0 Å². The molecule has 4 heteroatoms. The van der Waals surface area contributed by atoms with Crippen molar-refractivity contribution in [2.24, 2.45) is 7.05 Å². The molecule has 1 heterocycles. The lowest BCUT2D eigenvalue weighted by atomic mass is 10.2. The summed E-state index contributed by atoms with van der Waals surface area (Å²) >= 11 is 6.07. The highest BCUT2D eigenvalue weighted by Gasteiger charge is 2.09. The predicted octanol–water partition coefficient (Wildman–Crippen LogP) is 2.70. The van der Waals surface area contributed by atoms with Crippen LogP contribution in [0.5, 0.6) is 0 Å². The van der Waals surface area contributed by atoms with Gasteiger partial charge in [0.15, 0.2) is 5.82 Å². The quantitative estimate of drug-likeness (QED) is 0.781. The normalized spacial score (nSPS) is 10.6. The van der Waals surface area contributed by atoms with Crippen LogP contribution in [0.1, 0.15) is 12.7 Å². The highest BCUT2D eigenvalue weighted by molar-refractivity contribution is 6.33. The van der Waals surface area contributed by atoms with Crippen LogP contribution >= 0.6 is 11.6 Å². The summed E-state index contributed by atoms with van der Waals surface area (Å²) in [7, 11) is 1.90. The van der Waals surface area contributed by atoms with Gasteiger partial charge in [0.2, 0.25) is 0 Å². The molecule has 2 aromatic rings. The lowest BCUT2D eigenvalue weighted by Gasteiger charge is -1.96. The zero-order valence-corrected chi connectivity index (χ0v) is 9.49. The molecule has 0 aliphatic rings. The summed E-state index contributed by atoms with van der Waals surface area (Å²) in [5, 5.41) is 5.02. The zero-order chi connectivity index (χ0) is 10.8. The summed E-state index contributed by atoms with van der Waals surface area (Å²) in [6.07, 6.45) is 0.869. The van der Waals surface area contributed by atoms with Crippen LogP contribution in [0.4, 0.5) is 0 Å². The lowest BCUT2D eigenvalue weighted by Crippen LogP contribution is -1.96. The fraction of sp³-hybridized carbons (Fsp3) is 0.273. The minimum Gasteiger partial charge on any atom is -0.253 e. The minimum atomic E-state index is 0.686. The van der Waals surface area contributed by atoms with Gasteiger partial charge in [-0.15, -0.1) is 0 Å². The summed E-state index contributed by atoms with van der Waals surface area (Å²) in [6, 6.07) is 7.61. The second kappa shape index (κ2) is 4.03. The molecular weight excluding hydrogens is 210 g/mol. The summed E-state index contributed by atoms with van der Waals surface area (Å²) in [5.74, 6) is 1.66. The van der Waals surface area contributed by atoms with Gasteiger partial charge < -0.3 is 0 Å². The molecule has 0 N–H and O–H groups in total. The van der Waals surface area contributed by atoms with E-state index >= 15 is 0 Å². The molecule has 1 aromatic heterocycles. The SMILES string of the molecule is CCc1nc(-c2ccccc2Cl)nn1C. The molecule has 0 saturated carbocycles. The van der Waals surface area contributed by atoms with E-state index in [4.69, 9.17) is 11.6 Å². The summed E-state index contributed by atoms with van der Waals surface area (Å²) in [5.41, 5.74) is 0.884. The van der Waals surface area contributed by atoms with E-state index in [1.807, 2.05) is 31.3 Å². The molecule has 0 aliphatic carbocycles. The van der Waals surface area contributed by atoms with Crippen LogP contribution in [-0.4, -0.2) is 14.8 Å². The number of hydrogen-bond acceptors (Lipinski definition) is 2. The number of benzene rings is 1. The molecular formula is C11H12ClN3. The van der Waals surface area contributed by atoms with Gasteiger partial charge in [0.05, 0.1) is 5.02 Å². The third-order valence-electron chi connectivity index (χ3n) is 2.28. The van der Waals surface area contributed by atoms with Crippen LogP contribution in [0.25, 0.3) is 11.4 Å². The van der Waals surface area contributed by atoms with Crippen molar-refractivity contribution in [1.82, 2.24) is 14.8 Å². The lowest BCUT2D eigenvalue weighted by molar-refractivity contribution is 0.710. The van der Waals surface area contributed by atoms with Gasteiger partial charge in [0.25, 0.3) is 0 Å². The van der Waals surface area contributed by atoms with Gasteiger partial charge in [-0.25, -0.2) is 4.98 Å². The monoisotopic (exact) mass is 221 g/mol. The van der Waals surface area contributed by atoms with Crippen LogP contribution in [0.2, 0.25) is 5.02 Å². The van der Waals surface area contributed by atoms with Gasteiger partial charge in [-0.1, -0.05) is 30.7 Å². The Morgan fingerprint density at radius 2 is 2.07 bits per heavy atom. The molecule has 2 rings (SSSR count). The van der Waals surface area contributed by atoms with Crippen molar-refractivity contribution in [3.8, 4) is 11.4 Å². The van der Waals surface area contributed by atoms with Gasteiger partial charge in [0, 0.05) is 19.0 Å². The third kappa shape index (κ3) is 1.88. The molecule has 15 heavy (non-hydrogen) atoms. The molecule has 3 nitrogen and oxygen atoms in total. The molecule has 0 aliphatic heterocycles. The highest BCUT2D eigenvalue weighted by atomic mass is 35.5. The standard InChI is InChI=1S/C11H12ClN3/c1-3-10-13-11(14-15(10)2)8-6-4-5-7-9(8)12/h4-7H,3H2,1-2H3. The Balaban J connectivity index is 2.50. The van der Waals surface area contributed by atoms with Crippen LogP contribution in [-0.2, 0) is 13.5 Å². The van der Waals surface area contributed by atoms with Crippen molar-refractivity contribution in [3.63, 3.8) is 0 Å². The van der Waals surface area contributed by atoms with E-state index in [1.165, 1.54) is 0 Å². The van der Waals surface area contributed by atoms with E-state index < -0.39 is 0 Å². The van der Waals surface area contributed by atoms with E-state index in [0.717, 1.165) is 17.8 Å². The maximum Gasteiger partial charge on any atom is 0.182 e. The average Bonchev–Trinajstić information content (AvgIpc) is 2.60. The first kappa shape index (κ1) is 10.2. The third-order valence-corrected chi connectivity index (χ3v) is 2.61. The van der Waals surface area contributed by atoms with Gasteiger partial charge in [0.1, 0.15) is 5.82 Å². The first-order valence-electron chi connectivity index (χ1n) is 4.87. The Hall–Kier alpha value is -1.35. The predicted molar refractivity (Wildman–Crippen MR) is 60.8 cm³/mol. The molecule has 0 spiro atoms. The van der Waals surface area contributed by atoms with Crippen LogP contribution in [0, 0.1) is 0 Å². The first-order valence-corrected chi connectivity index (χ1v) is 5.25. The van der Waals surface area contributed by atoms with Gasteiger partial charge in [-0.3, -0.25) is 4.68 Å². The smallest absolute Gasteiger partial charge is 0.182 e. The van der Waals surface area contributed by atoms with Crippen LogP contribution < -0.4 is 0 Å². The van der Waals surface area contributed by atoms with Crippen molar-refractivity contribution in [1.29, 1.82) is 0 Å². The van der Waals surface area contributed by atoms with Crippen molar-refractivity contribution >= 4 is 11.6 Å². The number of halogens is 1. The molecule has 0 atom stereocenters. The number of aryl methyl sites for hydroxylation is 2. The molecule has 0 fully saturated rings. The number of nitrogens with zero attached hydrogens (tertiary/aromatic N) is 3. The number of hydrogen-bond donors (Lipinski definition) is 0. The molecule has 0 radical (unpaired) electrons. The van der Waals surface area contributed by atoms with Crippen molar-refractivity contribution in [3.05, 3.63) is 35.1 Å². The second-order valence-electron chi connectivity index (χ2n) is 3.31. The fourth-order valence-electron chi connectivity index (χ4n) is 1.48. The Morgan fingerprint density at radius 3 is 2.67 bits per heavy atom. The molecule has 0 unspecified atom stereocenters. The summed E-state index contributed by atoms with van der Waals surface area (Å²) in [4.78, 5) is 4.43. The molecule has 0 amide bonds. The Bertz CT molecular complexity index is 476. The number of rotatable bonds is 2. The van der Waals surface area contributed by atoms with Crippen LogP contribution in [0.3, 0.4) is 0 Å². The van der Waals surface area contributed by atoms with Crippen molar-refractivity contribution in [2.45, 2.75) is 13.3 Å². The molecule has 0 saturated heterocycles. The van der Waals surface area contributed by atoms with E-state index in [1.54, 1.807) is 4.68 Å². The molecule has 0 bridgehead atoms. The Morgan fingerprint density at radius 1 is 1.33 bits per heavy atom. The Labute approximate surface area is 93.7 Å². The van der Waals surface area contributed by atoms with Gasteiger partial charge >= 0.3 is 0 Å². The van der Waals surface area contributed by atoms with Gasteiger partial charge in [-0.05, 0) is 12.1 Å². The van der Waals surface area contributed by atoms with Crippen LogP contribution in [0.15, 0.2) is 24.3 Å². The molecule has 1 aromatic carbocycles. The number of aromatic nitrogens is 3. The van der Waals surface area contributed by atoms with E-state index in [-0.39, 0.29) is 0 Å². The summed E-state index contributed by atoms with van der Waals surface area (Å²) in [6.45, 7) is 2.06. The van der Waals surface area contributed by atoms with E-state index in [0.29, 0.717) is 10.8 Å².